The molecule has 3 aromatic rings. The fourth-order valence-electron chi connectivity index (χ4n) is 2.49. The number of fused-ring (bicyclic) bond motifs is 1. The number of hydrogen-bond donors (Lipinski definition) is 1. The molecule has 0 saturated carbocycles. The third-order valence-corrected chi connectivity index (χ3v) is 3.89. The van der Waals surface area contributed by atoms with Gasteiger partial charge >= 0.3 is 0 Å². The van der Waals surface area contributed by atoms with Crippen molar-refractivity contribution in [1.29, 1.82) is 0 Å². The van der Waals surface area contributed by atoms with Gasteiger partial charge in [0.2, 0.25) is 5.91 Å². The van der Waals surface area contributed by atoms with Crippen molar-refractivity contribution in [3.05, 3.63) is 48.2 Å². The van der Waals surface area contributed by atoms with Gasteiger partial charge in [-0.2, -0.15) is 0 Å². The highest BCUT2D eigenvalue weighted by molar-refractivity contribution is 5.94. The molecular formula is C17H20N6O. The molecule has 0 aliphatic rings. The quantitative estimate of drug-likeness (QED) is 0.774. The normalized spacial score (nSPS) is 11.2. The predicted molar refractivity (Wildman–Crippen MR) is 92.4 cm³/mol. The van der Waals surface area contributed by atoms with Gasteiger partial charge in [-0.25, -0.2) is 0 Å². The zero-order chi connectivity index (χ0) is 17.1. The van der Waals surface area contributed by atoms with Crippen molar-refractivity contribution in [1.82, 2.24) is 24.6 Å². The molecule has 0 aliphatic heterocycles. The first-order valence-electron chi connectivity index (χ1n) is 7.71. The van der Waals surface area contributed by atoms with E-state index in [0.29, 0.717) is 6.54 Å². The fourth-order valence-corrected chi connectivity index (χ4v) is 2.49. The standard InChI is InChI=1S/C17H20N6O/c1-12-20-21-16(23(12)3)10-22(2)11-17(24)19-14-6-7-15-13(9-14)5-4-8-18-15/h4-9H,10-11H2,1-3H3,(H,19,24). The van der Waals surface area contributed by atoms with Gasteiger partial charge in [-0.1, -0.05) is 6.07 Å². The van der Waals surface area contributed by atoms with Crippen LogP contribution >= 0.6 is 0 Å². The number of amides is 1. The third kappa shape index (κ3) is 3.57. The first-order valence-corrected chi connectivity index (χ1v) is 7.71. The number of hydrogen-bond acceptors (Lipinski definition) is 5. The minimum Gasteiger partial charge on any atom is -0.325 e. The van der Waals surface area contributed by atoms with Crippen LogP contribution in [0.15, 0.2) is 36.5 Å². The molecule has 0 spiro atoms. The van der Waals surface area contributed by atoms with Crippen LogP contribution in [0.25, 0.3) is 10.9 Å². The van der Waals surface area contributed by atoms with Gasteiger partial charge in [0.1, 0.15) is 11.6 Å². The van der Waals surface area contributed by atoms with Crippen molar-refractivity contribution in [3.8, 4) is 0 Å². The largest absolute Gasteiger partial charge is 0.325 e. The fraction of sp³-hybridized carbons (Fsp3) is 0.294. The summed E-state index contributed by atoms with van der Waals surface area (Å²) in [6.07, 6.45) is 1.75. The summed E-state index contributed by atoms with van der Waals surface area (Å²) in [5.74, 6) is 1.62. The lowest BCUT2D eigenvalue weighted by Gasteiger charge is -2.16. The number of aryl methyl sites for hydroxylation is 1. The summed E-state index contributed by atoms with van der Waals surface area (Å²) in [6.45, 7) is 2.74. The van der Waals surface area contributed by atoms with Gasteiger partial charge in [0.05, 0.1) is 18.6 Å². The average Bonchev–Trinajstić information content (AvgIpc) is 2.86. The van der Waals surface area contributed by atoms with Crippen molar-refractivity contribution in [2.24, 2.45) is 7.05 Å². The zero-order valence-electron chi connectivity index (χ0n) is 14.0. The van der Waals surface area contributed by atoms with E-state index in [1.165, 1.54) is 0 Å². The van der Waals surface area contributed by atoms with Gasteiger partial charge in [0.15, 0.2) is 0 Å². The molecule has 3 rings (SSSR count). The number of carbonyl (C=O) groups is 1. The van der Waals surface area contributed by atoms with E-state index >= 15 is 0 Å². The molecule has 7 heteroatoms. The Labute approximate surface area is 140 Å². The molecule has 0 bridgehead atoms. The van der Waals surface area contributed by atoms with Gasteiger partial charge in [-0.3, -0.25) is 14.7 Å². The number of pyridine rings is 1. The Hall–Kier alpha value is -2.80. The Morgan fingerprint density at radius 1 is 1.29 bits per heavy atom. The predicted octanol–water partition coefficient (Wildman–Crippen LogP) is 1.74. The highest BCUT2D eigenvalue weighted by Crippen LogP contribution is 2.16. The number of carbonyl (C=O) groups excluding carboxylic acids is 1. The van der Waals surface area contributed by atoms with Gasteiger partial charge in [0, 0.05) is 24.3 Å². The van der Waals surface area contributed by atoms with E-state index in [-0.39, 0.29) is 12.5 Å². The van der Waals surface area contributed by atoms with Gasteiger partial charge < -0.3 is 9.88 Å². The van der Waals surface area contributed by atoms with Crippen LogP contribution in [0.2, 0.25) is 0 Å². The summed E-state index contributed by atoms with van der Waals surface area (Å²) < 4.78 is 1.92. The van der Waals surface area contributed by atoms with E-state index in [0.717, 1.165) is 28.2 Å². The van der Waals surface area contributed by atoms with Crippen molar-refractivity contribution in [2.45, 2.75) is 13.5 Å². The Morgan fingerprint density at radius 3 is 2.88 bits per heavy atom. The van der Waals surface area contributed by atoms with E-state index in [4.69, 9.17) is 0 Å². The van der Waals surface area contributed by atoms with E-state index in [2.05, 4.69) is 20.5 Å². The maximum atomic E-state index is 12.2. The minimum atomic E-state index is -0.0698. The third-order valence-electron chi connectivity index (χ3n) is 3.89. The van der Waals surface area contributed by atoms with Crippen LogP contribution in [0.5, 0.6) is 0 Å². The molecule has 0 fully saturated rings. The van der Waals surface area contributed by atoms with Gasteiger partial charge in [-0.15, -0.1) is 10.2 Å². The molecule has 0 saturated heterocycles. The van der Waals surface area contributed by atoms with Crippen LogP contribution < -0.4 is 5.32 Å². The van der Waals surface area contributed by atoms with Crippen molar-refractivity contribution < 1.29 is 4.79 Å². The number of likely N-dealkylation sites (N-methyl/N-ethyl adjacent to an activating group) is 1. The molecule has 1 aromatic carbocycles. The molecular weight excluding hydrogens is 304 g/mol. The maximum Gasteiger partial charge on any atom is 0.238 e. The molecule has 2 heterocycles. The SMILES string of the molecule is Cc1nnc(CN(C)CC(=O)Nc2ccc3ncccc3c2)n1C. The lowest BCUT2D eigenvalue weighted by molar-refractivity contribution is -0.117. The monoisotopic (exact) mass is 324 g/mol. The molecule has 124 valence electrons. The number of anilines is 1. The number of aromatic nitrogens is 4. The molecule has 0 unspecified atom stereocenters. The number of benzene rings is 1. The number of nitrogens with zero attached hydrogens (tertiary/aromatic N) is 5. The van der Waals surface area contributed by atoms with Crippen molar-refractivity contribution in [2.75, 3.05) is 18.9 Å². The Kier molecular flexibility index (Phi) is 4.52. The molecule has 1 amide bonds. The van der Waals surface area contributed by atoms with E-state index in [9.17, 15) is 4.79 Å². The lowest BCUT2D eigenvalue weighted by atomic mass is 10.2. The highest BCUT2D eigenvalue weighted by Gasteiger charge is 2.12. The average molecular weight is 324 g/mol. The first-order chi connectivity index (χ1) is 11.5. The Bertz CT molecular complexity index is 872. The summed E-state index contributed by atoms with van der Waals surface area (Å²) in [7, 11) is 3.80. The second kappa shape index (κ2) is 6.76. The van der Waals surface area contributed by atoms with Crippen molar-refractivity contribution in [3.63, 3.8) is 0 Å². The first kappa shape index (κ1) is 16.1. The van der Waals surface area contributed by atoms with E-state index in [1.54, 1.807) is 6.20 Å². The summed E-state index contributed by atoms with van der Waals surface area (Å²) in [5.41, 5.74) is 1.67. The Morgan fingerprint density at radius 2 is 2.12 bits per heavy atom. The highest BCUT2D eigenvalue weighted by atomic mass is 16.2. The smallest absolute Gasteiger partial charge is 0.238 e. The Balaban J connectivity index is 1.60. The molecule has 0 atom stereocenters. The van der Waals surface area contributed by atoms with Crippen LogP contribution in [0.4, 0.5) is 5.69 Å². The molecule has 7 nitrogen and oxygen atoms in total. The molecule has 1 N–H and O–H groups in total. The number of rotatable bonds is 5. The van der Waals surface area contributed by atoms with Crippen LogP contribution in [-0.4, -0.2) is 44.1 Å². The number of nitrogens with one attached hydrogen (secondary N) is 1. The summed E-state index contributed by atoms with van der Waals surface area (Å²) in [6, 6.07) is 9.54. The zero-order valence-corrected chi connectivity index (χ0v) is 14.0. The minimum absolute atomic E-state index is 0.0698. The van der Waals surface area contributed by atoms with Gasteiger partial charge in [-0.05, 0) is 38.2 Å². The van der Waals surface area contributed by atoms with Crippen LogP contribution in [0.3, 0.4) is 0 Å². The van der Waals surface area contributed by atoms with Gasteiger partial charge in [0.25, 0.3) is 0 Å². The van der Waals surface area contributed by atoms with E-state index in [1.807, 2.05) is 60.8 Å². The van der Waals surface area contributed by atoms with Crippen LogP contribution in [0.1, 0.15) is 11.6 Å². The van der Waals surface area contributed by atoms with E-state index < -0.39 is 0 Å². The summed E-state index contributed by atoms with van der Waals surface area (Å²) in [5, 5.41) is 12.1. The topological polar surface area (TPSA) is 75.9 Å². The summed E-state index contributed by atoms with van der Waals surface area (Å²) in [4.78, 5) is 18.4. The molecule has 0 radical (unpaired) electrons. The maximum absolute atomic E-state index is 12.2. The molecule has 2 aromatic heterocycles. The van der Waals surface area contributed by atoms with Crippen molar-refractivity contribution >= 4 is 22.5 Å². The van der Waals surface area contributed by atoms with Crippen LogP contribution in [0, 0.1) is 6.92 Å². The summed E-state index contributed by atoms with van der Waals surface area (Å²) >= 11 is 0. The second-order valence-corrected chi connectivity index (χ2v) is 5.85. The van der Waals surface area contributed by atoms with Crippen LogP contribution in [-0.2, 0) is 18.4 Å². The second-order valence-electron chi connectivity index (χ2n) is 5.85. The lowest BCUT2D eigenvalue weighted by Crippen LogP contribution is -2.30. The molecule has 0 aliphatic carbocycles. The molecule has 24 heavy (non-hydrogen) atoms.